The number of esters is 1. The molecule has 2 saturated heterocycles. The Kier molecular flexibility index (Phi) is 5.86. The Morgan fingerprint density at radius 3 is 2.71 bits per heavy atom. The van der Waals surface area contributed by atoms with E-state index in [0.29, 0.717) is 30.2 Å². The van der Waals surface area contributed by atoms with Crippen LogP contribution >= 0.6 is 0 Å². The van der Waals surface area contributed by atoms with Crippen LogP contribution in [0.2, 0.25) is 0 Å². The standard InChI is InChI=1S/C20H35NO3/c1-13(2)15-9-8-14(3)11-18(15)23-20-16(12-19(22)24-20)17-7-5-6-10-21(17)4/h13-18,20H,5-12H2,1-4H3/t14-,15+,16+,17-,18-,20-/m1/s1. The van der Waals surface area contributed by atoms with Gasteiger partial charge in [-0.2, -0.15) is 0 Å². The minimum atomic E-state index is -0.334. The van der Waals surface area contributed by atoms with Gasteiger partial charge in [0.15, 0.2) is 0 Å². The van der Waals surface area contributed by atoms with Crippen molar-refractivity contribution in [1.82, 2.24) is 4.90 Å². The number of carbonyl (C=O) groups excluding carboxylic acids is 1. The van der Waals surface area contributed by atoms with Crippen LogP contribution in [-0.4, -0.2) is 42.9 Å². The van der Waals surface area contributed by atoms with Crippen LogP contribution in [0.25, 0.3) is 0 Å². The molecule has 138 valence electrons. The molecule has 0 N–H and O–H groups in total. The number of rotatable bonds is 4. The Morgan fingerprint density at radius 1 is 1.21 bits per heavy atom. The summed E-state index contributed by atoms with van der Waals surface area (Å²) in [6, 6.07) is 0.425. The quantitative estimate of drug-likeness (QED) is 0.731. The van der Waals surface area contributed by atoms with E-state index in [9.17, 15) is 4.79 Å². The third-order valence-corrected chi connectivity index (χ3v) is 6.59. The highest BCUT2D eigenvalue weighted by molar-refractivity contribution is 5.72. The highest BCUT2D eigenvalue weighted by atomic mass is 16.7. The van der Waals surface area contributed by atoms with Crippen LogP contribution in [0.5, 0.6) is 0 Å². The molecule has 0 aromatic rings. The predicted molar refractivity (Wildman–Crippen MR) is 94.5 cm³/mol. The van der Waals surface area contributed by atoms with Gasteiger partial charge in [0.05, 0.1) is 12.5 Å². The zero-order valence-corrected chi connectivity index (χ0v) is 15.9. The van der Waals surface area contributed by atoms with Crippen molar-refractivity contribution in [3.05, 3.63) is 0 Å². The summed E-state index contributed by atoms with van der Waals surface area (Å²) >= 11 is 0. The largest absolute Gasteiger partial charge is 0.435 e. The average molecular weight is 338 g/mol. The Hall–Kier alpha value is -0.610. The van der Waals surface area contributed by atoms with Gasteiger partial charge in [-0.3, -0.25) is 4.79 Å². The van der Waals surface area contributed by atoms with E-state index in [1.54, 1.807) is 0 Å². The van der Waals surface area contributed by atoms with E-state index in [2.05, 4.69) is 32.7 Å². The van der Waals surface area contributed by atoms with Crippen molar-refractivity contribution in [2.45, 2.75) is 84.2 Å². The fourth-order valence-corrected chi connectivity index (χ4v) is 5.09. The zero-order valence-electron chi connectivity index (χ0n) is 15.9. The highest BCUT2D eigenvalue weighted by Crippen LogP contribution is 2.39. The molecule has 0 aromatic carbocycles. The van der Waals surface area contributed by atoms with E-state index < -0.39 is 0 Å². The second-order valence-electron chi connectivity index (χ2n) is 8.77. The van der Waals surface area contributed by atoms with E-state index in [1.807, 2.05) is 0 Å². The molecule has 1 aliphatic carbocycles. The summed E-state index contributed by atoms with van der Waals surface area (Å²) in [5.41, 5.74) is 0. The van der Waals surface area contributed by atoms with E-state index in [1.165, 1.54) is 25.7 Å². The second kappa shape index (κ2) is 7.74. The summed E-state index contributed by atoms with van der Waals surface area (Å²) in [4.78, 5) is 14.4. The fourth-order valence-electron chi connectivity index (χ4n) is 5.09. The number of hydrogen-bond acceptors (Lipinski definition) is 4. The first-order valence-corrected chi connectivity index (χ1v) is 10.0. The summed E-state index contributed by atoms with van der Waals surface area (Å²) in [5, 5.41) is 0. The molecule has 0 radical (unpaired) electrons. The molecule has 3 rings (SSSR count). The number of cyclic esters (lactones) is 1. The molecule has 2 aliphatic heterocycles. The van der Waals surface area contributed by atoms with E-state index in [-0.39, 0.29) is 24.3 Å². The maximum Gasteiger partial charge on any atom is 0.308 e. The molecule has 0 bridgehead atoms. The van der Waals surface area contributed by atoms with Crippen LogP contribution in [-0.2, 0) is 14.3 Å². The lowest BCUT2D eigenvalue weighted by Crippen LogP contribution is -2.46. The number of piperidine rings is 1. The van der Waals surface area contributed by atoms with Crippen LogP contribution < -0.4 is 0 Å². The molecular weight excluding hydrogens is 302 g/mol. The smallest absolute Gasteiger partial charge is 0.308 e. The first kappa shape index (κ1) is 18.2. The molecule has 24 heavy (non-hydrogen) atoms. The van der Waals surface area contributed by atoms with Crippen molar-refractivity contribution in [1.29, 1.82) is 0 Å². The number of nitrogens with zero attached hydrogens (tertiary/aromatic N) is 1. The highest BCUT2D eigenvalue weighted by Gasteiger charge is 2.45. The van der Waals surface area contributed by atoms with Crippen molar-refractivity contribution >= 4 is 5.97 Å². The molecule has 4 nitrogen and oxygen atoms in total. The molecule has 6 atom stereocenters. The summed E-state index contributed by atoms with van der Waals surface area (Å²) in [6.45, 7) is 8.03. The summed E-state index contributed by atoms with van der Waals surface area (Å²) in [5.74, 6) is 2.04. The lowest BCUT2D eigenvalue weighted by Gasteiger charge is -2.41. The Balaban J connectivity index is 1.70. The summed E-state index contributed by atoms with van der Waals surface area (Å²) in [6.07, 6.45) is 7.72. The third-order valence-electron chi connectivity index (χ3n) is 6.59. The minimum Gasteiger partial charge on any atom is -0.435 e. The van der Waals surface area contributed by atoms with Gasteiger partial charge in [0.1, 0.15) is 0 Å². The molecule has 0 spiro atoms. The lowest BCUT2D eigenvalue weighted by molar-refractivity contribution is -0.201. The predicted octanol–water partition coefficient (Wildman–Crippen LogP) is 3.84. The monoisotopic (exact) mass is 337 g/mol. The normalized spacial score (nSPS) is 41.6. The number of ether oxygens (including phenoxy) is 2. The first-order valence-electron chi connectivity index (χ1n) is 10.0. The van der Waals surface area contributed by atoms with Crippen LogP contribution in [0, 0.1) is 23.7 Å². The van der Waals surface area contributed by atoms with Gasteiger partial charge in [-0.15, -0.1) is 0 Å². The first-order chi connectivity index (χ1) is 11.5. The number of carbonyl (C=O) groups is 1. The molecule has 1 saturated carbocycles. The molecule has 0 aromatic heterocycles. The van der Waals surface area contributed by atoms with Gasteiger partial charge < -0.3 is 14.4 Å². The van der Waals surface area contributed by atoms with Gasteiger partial charge in [0.25, 0.3) is 0 Å². The zero-order chi connectivity index (χ0) is 17.3. The van der Waals surface area contributed by atoms with Gasteiger partial charge in [-0.1, -0.05) is 33.6 Å². The van der Waals surface area contributed by atoms with E-state index in [0.717, 1.165) is 19.4 Å². The van der Waals surface area contributed by atoms with E-state index >= 15 is 0 Å². The van der Waals surface area contributed by atoms with Crippen LogP contribution in [0.1, 0.15) is 65.7 Å². The maximum absolute atomic E-state index is 12.0. The van der Waals surface area contributed by atoms with Gasteiger partial charge in [-0.25, -0.2) is 0 Å². The molecule has 4 heteroatoms. The van der Waals surface area contributed by atoms with Gasteiger partial charge in [0.2, 0.25) is 6.29 Å². The third kappa shape index (κ3) is 3.96. The number of likely N-dealkylation sites (tertiary alicyclic amines) is 1. The van der Waals surface area contributed by atoms with E-state index in [4.69, 9.17) is 9.47 Å². The van der Waals surface area contributed by atoms with Crippen molar-refractivity contribution < 1.29 is 14.3 Å². The van der Waals surface area contributed by atoms with Crippen LogP contribution in [0.3, 0.4) is 0 Å². The average Bonchev–Trinajstić information content (AvgIpc) is 2.88. The van der Waals surface area contributed by atoms with Crippen molar-refractivity contribution in [2.75, 3.05) is 13.6 Å². The molecular formula is C20H35NO3. The summed E-state index contributed by atoms with van der Waals surface area (Å²) < 4.78 is 12.2. The van der Waals surface area contributed by atoms with Crippen LogP contribution in [0.15, 0.2) is 0 Å². The van der Waals surface area contributed by atoms with Crippen molar-refractivity contribution in [3.63, 3.8) is 0 Å². The molecule has 3 aliphatic rings. The van der Waals surface area contributed by atoms with Crippen molar-refractivity contribution in [2.24, 2.45) is 23.7 Å². The lowest BCUT2D eigenvalue weighted by atomic mass is 9.75. The Bertz CT molecular complexity index is 439. The Morgan fingerprint density at radius 2 is 2.00 bits per heavy atom. The SMILES string of the molecule is CC(C)[C@@H]1CC[C@@H](C)C[C@H]1O[C@@H]1OC(=O)C[C@H]1[C@H]1CCCCN1C. The molecule has 2 heterocycles. The van der Waals surface area contributed by atoms with Crippen molar-refractivity contribution in [3.8, 4) is 0 Å². The fraction of sp³-hybridized carbons (Fsp3) is 0.950. The number of hydrogen-bond donors (Lipinski definition) is 0. The van der Waals surface area contributed by atoms with Crippen LogP contribution in [0.4, 0.5) is 0 Å². The molecule has 3 fully saturated rings. The molecule has 0 amide bonds. The second-order valence-corrected chi connectivity index (χ2v) is 8.77. The van der Waals surface area contributed by atoms with Gasteiger partial charge in [-0.05, 0) is 57.0 Å². The minimum absolute atomic E-state index is 0.0751. The Labute approximate surface area is 147 Å². The molecule has 0 unspecified atom stereocenters. The maximum atomic E-state index is 12.0. The van der Waals surface area contributed by atoms with Gasteiger partial charge in [0, 0.05) is 12.0 Å². The van der Waals surface area contributed by atoms with Gasteiger partial charge >= 0.3 is 5.97 Å². The topological polar surface area (TPSA) is 38.8 Å². The summed E-state index contributed by atoms with van der Waals surface area (Å²) in [7, 11) is 2.18.